The van der Waals surface area contributed by atoms with Crippen LogP contribution < -0.4 is 9.46 Å². The molecule has 4 atom stereocenters. The highest BCUT2D eigenvalue weighted by Gasteiger charge is 2.47. The number of fused-ring (bicyclic) bond motifs is 6. The van der Waals surface area contributed by atoms with Crippen molar-refractivity contribution in [3.63, 3.8) is 0 Å². The van der Waals surface area contributed by atoms with E-state index in [0.29, 0.717) is 24.3 Å². The van der Waals surface area contributed by atoms with Crippen LogP contribution in [0.1, 0.15) is 68.0 Å². The Morgan fingerprint density at radius 2 is 1.73 bits per heavy atom. The fraction of sp³-hybridized carbons (Fsp3) is 0.556. The second-order valence-electron chi connectivity index (χ2n) is 14.5. The molecule has 2 aliphatic carbocycles. The van der Waals surface area contributed by atoms with E-state index in [1.165, 1.54) is 26.1 Å². The van der Waals surface area contributed by atoms with Gasteiger partial charge in [0.2, 0.25) is 5.91 Å². The highest BCUT2D eigenvalue weighted by atomic mass is 32.2. The van der Waals surface area contributed by atoms with Gasteiger partial charge in [0, 0.05) is 69.1 Å². The second-order valence-corrected chi connectivity index (χ2v) is 16.4. The fourth-order valence-electron chi connectivity index (χ4n) is 8.23. The molecular formula is C36H48N6O6S. The summed E-state index contributed by atoms with van der Waals surface area (Å²) in [5.41, 5.74) is 5.36. The van der Waals surface area contributed by atoms with E-state index in [1.807, 2.05) is 31.3 Å². The maximum Gasteiger partial charge on any atom is 0.303 e. The van der Waals surface area contributed by atoms with E-state index in [0.717, 1.165) is 63.5 Å². The Labute approximate surface area is 289 Å². The van der Waals surface area contributed by atoms with Gasteiger partial charge in [0.15, 0.2) is 11.8 Å². The number of methoxy groups -OCH3 is 1. The first-order valence-electron chi connectivity index (χ1n) is 17.1. The topological polar surface area (TPSA) is 134 Å². The van der Waals surface area contributed by atoms with Crippen LogP contribution in [0.4, 0.5) is 0 Å². The minimum absolute atomic E-state index is 0.0149. The van der Waals surface area contributed by atoms with E-state index in [1.54, 1.807) is 32.3 Å². The summed E-state index contributed by atoms with van der Waals surface area (Å²) in [7, 11) is 7.41. The van der Waals surface area contributed by atoms with E-state index in [9.17, 15) is 22.8 Å². The zero-order valence-electron chi connectivity index (χ0n) is 29.5. The summed E-state index contributed by atoms with van der Waals surface area (Å²) in [6, 6.07) is 5.20. The van der Waals surface area contributed by atoms with Crippen molar-refractivity contribution < 1.29 is 27.5 Å². The Morgan fingerprint density at radius 3 is 2.37 bits per heavy atom. The van der Waals surface area contributed by atoms with Gasteiger partial charge in [0.25, 0.3) is 5.91 Å². The smallest absolute Gasteiger partial charge is 0.303 e. The van der Waals surface area contributed by atoms with Crippen molar-refractivity contribution in [1.82, 2.24) is 23.4 Å². The van der Waals surface area contributed by atoms with Crippen LogP contribution in [0.5, 0.6) is 5.75 Å². The van der Waals surface area contributed by atoms with Gasteiger partial charge in [-0.15, -0.1) is 0 Å². The predicted octanol–water partition coefficient (Wildman–Crippen LogP) is 3.55. The van der Waals surface area contributed by atoms with Crippen LogP contribution in [-0.2, 0) is 24.6 Å². The summed E-state index contributed by atoms with van der Waals surface area (Å²) < 4.78 is 36.7. The number of amides is 2. The quantitative estimate of drug-likeness (QED) is 0.425. The van der Waals surface area contributed by atoms with E-state index in [2.05, 4.69) is 26.4 Å². The third-order valence-corrected chi connectivity index (χ3v) is 12.1. The van der Waals surface area contributed by atoms with Gasteiger partial charge in [-0.3, -0.25) is 19.4 Å². The van der Waals surface area contributed by atoms with Gasteiger partial charge in [-0.2, -0.15) is 12.7 Å². The lowest BCUT2D eigenvalue weighted by atomic mass is 9.66. The number of benzene rings is 1. The molecule has 13 heteroatoms. The maximum absolute atomic E-state index is 13.9. The lowest BCUT2D eigenvalue weighted by Crippen LogP contribution is -2.44. The molecule has 0 radical (unpaired) electrons. The zero-order chi connectivity index (χ0) is 35.4. The van der Waals surface area contributed by atoms with E-state index in [4.69, 9.17) is 4.74 Å². The third-order valence-electron chi connectivity index (χ3n) is 10.7. The first kappa shape index (κ1) is 35.0. The van der Waals surface area contributed by atoms with Crippen LogP contribution in [0.2, 0.25) is 0 Å². The van der Waals surface area contributed by atoms with Gasteiger partial charge in [0.05, 0.1) is 25.1 Å². The number of ether oxygens (including phenoxy) is 1. The van der Waals surface area contributed by atoms with Crippen LogP contribution in [0.3, 0.4) is 0 Å². The average molecular weight is 693 g/mol. The molecule has 2 aromatic rings. The number of nitrogens with one attached hydrogen (secondary N) is 1. The molecule has 2 saturated carbocycles. The Balaban J connectivity index is 1.59. The molecule has 0 saturated heterocycles. The number of Topliss-reactive ketones (excluding diaryl/α,β-unsaturated/α-hetero) is 1. The summed E-state index contributed by atoms with van der Waals surface area (Å²) in [6.45, 7) is 0.219. The monoisotopic (exact) mass is 692 g/mol. The largest absolute Gasteiger partial charge is 0.496 e. The molecule has 2 aliphatic heterocycles. The average Bonchev–Trinajstić information content (AvgIpc) is 3.62. The summed E-state index contributed by atoms with van der Waals surface area (Å²) in [5.74, 6) is -1.18. The van der Waals surface area contributed by atoms with Crippen molar-refractivity contribution in [3.05, 3.63) is 46.2 Å². The Morgan fingerprint density at radius 1 is 1.02 bits per heavy atom. The SMILES string of the molecule is COc1ccc(C2CCCCC2)c2c1cc1n2C=C2C(=C3C[C@@H](C(=O)N(C)C)C(C(=O)CN(C)C)C[C@H]31)C=NC2C(=O)NS(=O)(=O)N(C)C. The highest BCUT2D eigenvalue weighted by Crippen LogP contribution is 2.52. The number of hydrogen-bond donors (Lipinski definition) is 1. The maximum atomic E-state index is 13.9. The number of likely N-dealkylation sites (N-methyl/N-ethyl adjacent to an activating group) is 1. The molecule has 264 valence electrons. The normalized spacial score (nSPS) is 24.0. The third kappa shape index (κ3) is 6.36. The molecule has 4 aliphatic rings. The number of allylic oxidation sites excluding steroid dienone is 1. The van der Waals surface area contributed by atoms with Gasteiger partial charge < -0.3 is 19.1 Å². The number of ketones is 1. The van der Waals surface area contributed by atoms with Crippen LogP contribution >= 0.6 is 0 Å². The van der Waals surface area contributed by atoms with Crippen molar-refractivity contribution in [1.29, 1.82) is 0 Å². The first-order valence-corrected chi connectivity index (χ1v) is 18.5. The molecule has 12 nitrogen and oxygen atoms in total. The lowest BCUT2D eigenvalue weighted by Gasteiger charge is -2.38. The molecule has 49 heavy (non-hydrogen) atoms. The van der Waals surface area contributed by atoms with Crippen molar-refractivity contribution >= 4 is 51.1 Å². The van der Waals surface area contributed by atoms with Crippen molar-refractivity contribution in [2.45, 2.75) is 62.8 Å². The van der Waals surface area contributed by atoms with Gasteiger partial charge in [0.1, 0.15) is 5.75 Å². The standard InChI is InChI=1S/C36H48N6O6S/c1-39(2)20-31(43)25-16-24-23(15-26(25)36(45)40(3)4)28-18-37-33(35(44)38-49(46,47)41(5)6)29(28)19-42-30(24)17-27-32(48-7)14-13-22(34(27)42)21-11-9-8-10-12-21/h13-14,17-19,21,24-26,33H,8-12,15-16,20H2,1-7H3,(H,38,44)/t24-,25?,26-,33?/m1/s1. The van der Waals surface area contributed by atoms with Gasteiger partial charge in [-0.1, -0.05) is 30.9 Å². The molecule has 2 unspecified atom stereocenters. The molecule has 6 rings (SSSR count). The number of rotatable bonds is 9. The second kappa shape index (κ2) is 13.5. The summed E-state index contributed by atoms with van der Waals surface area (Å²) in [6.07, 6.45) is 9.96. The number of carbonyl (C=O) groups excluding carboxylic acids is 3. The summed E-state index contributed by atoms with van der Waals surface area (Å²) >= 11 is 0. The Kier molecular flexibility index (Phi) is 9.64. The molecule has 1 aromatic heterocycles. The predicted molar refractivity (Wildman–Crippen MR) is 190 cm³/mol. The minimum Gasteiger partial charge on any atom is -0.496 e. The number of nitrogens with zero attached hydrogens (tertiary/aromatic N) is 5. The molecule has 2 fully saturated rings. The van der Waals surface area contributed by atoms with E-state index < -0.39 is 34.0 Å². The lowest BCUT2D eigenvalue weighted by molar-refractivity contribution is -0.140. The summed E-state index contributed by atoms with van der Waals surface area (Å²) in [5, 5.41) is 0.943. The van der Waals surface area contributed by atoms with Crippen molar-refractivity contribution in [2.75, 3.05) is 55.9 Å². The van der Waals surface area contributed by atoms with Gasteiger partial charge in [-0.05, 0) is 69.0 Å². The van der Waals surface area contributed by atoms with Crippen LogP contribution in [0, 0.1) is 11.8 Å². The molecule has 0 spiro atoms. The molecule has 1 aromatic carbocycles. The Hall–Kier alpha value is -3.81. The molecule has 2 amide bonds. The molecule has 0 bridgehead atoms. The van der Waals surface area contributed by atoms with Crippen molar-refractivity contribution in [3.8, 4) is 5.75 Å². The fourth-order valence-corrected chi connectivity index (χ4v) is 8.77. The van der Waals surface area contributed by atoms with Crippen molar-refractivity contribution in [2.24, 2.45) is 16.8 Å². The number of carbonyl (C=O) groups is 3. The van der Waals surface area contributed by atoms with Crippen LogP contribution in [-0.4, -0.2) is 113 Å². The summed E-state index contributed by atoms with van der Waals surface area (Å²) in [4.78, 5) is 49.3. The van der Waals surface area contributed by atoms with Gasteiger partial charge in [-0.25, -0.2) is 4.72 Å². The number of aliphatic imine (C=N–C) groups is 1. The Bertz CT molecular complexity index is 1880. The molecular weight excluding hydrogens is 644 g/mol. The van der Waals surface area contributed by atoms with E-state index >= 15 is 0 Å². The van der Waals surface area contributed by atoms with Crippen LogP contribution in [0.15, 0.2) is 39.9 Å². The molecule has 1 N–H and O–H groups in total. The first-order chi connectivity index (χ1) is 23.2. The zero-order valence-corrected chi connectivity index (χ0v) is 30.3. The van der Waals surface area contributed by atoms with E-state index in [-0.39, 0.29) is 24.2 Å². The number of hydrogen-bond acceptors (Lipinski definition) is 8. The minimum atomic E-state index is -4.07. The highest BCUT2D eigenvalue weighted by molar-refractivity contribution is 7.87. The molecule has 3 heterocycles. The van der Waals surface area contributed by atoms with Gasteiger partial charge >= 0.3 is 10.2 Å². The van der Waals surface area contributed by atoms with Crippen LogP contribution in [0.25, 0.3) is 17.1 Å². The number of aromatic nitrogens is 1.